The molecule has 0 aliphatic heterocycles. The third-order valence-corrected chi connectivity index (χ3v) is 2.37. The van der Waals surface area contributed by atoms with Crippen LogP contribution in [0.5, 0.6) is 0 Å². The zero-order valence-corrected chi connectivity index (χ0v) is 7.81. The standard InChI is InChI=1S/C6H7N5O2S/c7-10-5-3-8-6-4(9-5)1-2-11(6)14(12)13/h1-3,14H,7H2,(H,9,10). The molecule has 0 saturated carbocycles. The molecule has 0 spiro atoms. The summed E-state index contributed by atoms with van der Waals surface area (Å²) < 4.78 is 22.5. The van der Waals surface area contributed by atoms with E-state index in [9.17, 15) is 8.42 Å². The van der Waals surface area contributed by atoms with Gasteiger partial charge in [-0.25, -0.2) is 28.2 Å². The smallest absolute Gasteiger partial charge is 0.230 e. The normalized spacial score (nSPS) is 11.0. The molecule has 0 aromatic carbocycles. The summed E-state index contributed by atoms with van der Waals surface area (Å²) in [6.07, 6.45) is 2.74. The second-order valence-corrected chi connectivity index (χ2v) is 3.41. The van der Waals surface area contributed by atoms with Gasteiger partial charge in [-0.15, -0.1) is 0 Å². The van der Waals surface area contributed by atoms with Gasteiger partial charge in [0.2, 0.25) is 10.9 Å². The van der Waals surface area contributed by atoms with Gasteiger partial charge in [0.15, 0.2) is 11.5 Å². The van der Waals surface area contributed by atoms with Crippen molar-refractivity contribution < 1.29 is 8.42 Å². The third kappa shape index (κ3) is 1.30. The number of anilines is 1. The Balaban J connectivity index is 2.71. The second kappa shape index (κ2) is 3.24. The summed E-state index contributed by atoms with van der Waals surface area (Å²) in [6.45, 7) is 0. The van der Waals surface area contributed by atoms with E-state index in [4.69, 9.17) is 5.84 Å². The van der Waals surface area contributed by atoms with Crippen molar-refractivity contribution in [3.63, 3.8) is 0 Å². The average molecular weight is 213 g/mol. The molecule has 0 aliphatic carbocycles. The Bertz CT molecular complexity index is 538. The van der Waals surface area contributed by atoms with E-state index in [2.05, 4.69) is 15.4 Å². The van der Waals surface area contributed by atoms with Gasteiger partial charge in [-0.05, 0) is 6.07 Å². The zero-order valence-electron chi connectivity index (χ0n) is 6.91. The van der Waals surface area contributed by atoms with E-state index in [1.165, 1.54) is 12.4 Å². The molecular weight excluding hydrogens is 206 g/mol. The lowest BCUT2D eigenvalue weighted by atomic mass is 10.5. The van der Waals surface area contributed by atoms with Gasteiger partial charge >= 0.3 is 0 Å². The van der Waals surface area contributed by atoms with Crippen LogP contribution >= 0.6 is 0 Å². The van der Waals surface area contributed by atoms with Crippen LogP contribution in [-0.2, 0) is 10.9 Å². The number of nitrogens with two attached hydrogens (primary N) is 1. The van der Waals surface area contributed by atoms with Gasteiger partial charge in [-0.3, -0.25) is 0 Å². The summed E-state index contributed by atoms with van der Waals surface area (Å²) in [4.78, 5) is 7.92. The van der Waals surface area contributed by atoms with Gasteiger partial charge in [-0.2, -0.15) is 0 Å². The first kappa shape index (κ1) is 8.91. The predicted octanol–water partition coefficient (Wildman–Crippen LogP) is -0.909. The van der Waals surface area contributed by atoms with Crippen molar-refractivity contribution in [2.24, 2.45) is 5.84 Å². The number of thiol groups is 1. The number of hydrazine groups is 1. The van der Waals surface area contributed by atoms with Crippen molar-refractivity contribution >= 4 is 27.9 Å². The Morgan fingerprint density at radius 3 is 2.93 bits per heavy atom. The van der Waals surface area contributed by atoms with Crippen LogP contribution in [-0.4, -0.2) is 22.4 Å². The summed E-state index contributed by atoms with van der Waals surface area (Å²) in [6, 6.07) is 1.55. The number of rotatable bonds is 2. The highest BCUT2D eigenvalue weighted by molar-refractivity contribution is 7.71. The van der Waals surface area contributed by atoms with Gasteiger partial charge in [0.25, 0.3) is 0 Å². The van der Waals surface area contributed by atoms with Crippen LogP contribution in [0.3, 0.4) is 0 Å². The van der Waals surface area contributed by atoms with E-state index in [1.54, 1.807) is 6.07 Å². The first-order valence-corrected chi connectivity index (χ1v) is 4.81. The van der Waals surface area contributed by atoms with Crippen molar-refractivity contribution in [2.45, 2.75) is 0 Å². The Morgan fingerprint density at radius 2 is 2.29 bits per heavy atom. The lowest BCUT2D eigenvalue weighted by Crippen LogP contribution is -2.09. The van der Waals surface area contributed by atoms with Gasteiger partial charge < -0.3 is 5.43 Å². The maximum atomic E-state index is 10.7. The quantitative estimate of drug-likeness (QED) is 0.339. The number of hydrogen-bond donors (Lipinski definition) is 3. The lowest BCUT2D eigenvalue weighted by Gasteiger charge is -1.97. The fraction of sp³-hybridized carbons (Fsp3) is 0. The summed E-state index contributed by atoms with van der Waals surface area (Å²) in [5.41, 5.74) is 3.09. The summed E-state index contributed by atoms with van der Waals surface area (Å²) >= 11 is 0. The topological polar surface area (TPSA) is 103 Å². The van der Waals surface area contributed by atoms with Crippen molar-refractivity contribution in [1.82, 2.24) is 13.9 Å². The number of nitrogens with one attached hydrogen (secondary N) is 1. The minimum Gasteiger partial charge on any atom is -0.307 e. The largest absolute Gasteiger partial charge is 0.307 e. The molecule has 0 saturated heterocycles. The number of hydrogen-bond acceptors (Lipinski definition) is 6. The first-order valence-electron chi connectivity index (χ1n) is 3.68. The van der Waals surface area contributed by atoms with Crippen molar-refractivity contribution in [1.29, 1.82) is 0 Å². The van der Waals surface area contributed by atoms with E-state index in [-0.39, 0.29) is 0 Å². The van der Waals surface area contributed by atoms with Crippen LogP contribution in [0.1, 0.15) is 0 Å². The molecule has 14 heavy (non-hydrogen) atoms. The fourth-order valence-electron chi connectivity index (χ4n) is 1.10. The van der Waals surface area contributed by atoms with E-state index >= 15 is 0 Å². The molecule has 0 aliphatic rings. The first-order chi connectivity index (χ1) is 6.72. The van der Waals surface area contributed by atoms with Crippen LogP contribution in [0.2, 0.25) is 0 Å². The molecule has 7 nitrogen and oxygen atoms in total. The predicted molar refractivity (Wildman–Crippen MR) is 51.1 cm³/mol. The van der Waals surface area contributed by atoms with Crippen LogP contribution in [0.4, 0.5) is 5.82 Å². The van der Waals surface area contributed by atoms with Crippen molar-refractivity contribution in [2.75, 3.05) is 5.43 Å². The maximum Gasteiger partial charge on any atom is 0.230 e. The molecule has 2 aromatic heterocycles. The third-order valence-electron chi connectivity index (χ3n) is 1.69. The van der Waals surface area contributed by atoms with Crippen LogP contribution in [0, 0.1) is 0 Å². The molecule has 8 heteroatoms. The van der Waals surface area contributed by atoms with E-state index in [0.29, 0.717) is 17.0 Å². The maximum absolute atomic E-state index is 10.7. The molecule has 2 aromatic rings. The summed E-state index contributed by atoms with van der Waals surface area (Å²) in [5.74, 6) is 5.51. The van der Waals surface area contributed by atoms with Gasteiger partial charge in [0.1, 0.15) is 5.52 Å². The Hall–Kier alpha value is -1.67. The zero-order chi connectivity index (χ0) is 10.1. The Morgan fingerprint density at radius 1 is 1.50 bits per heavy atom. The fourth-order valence-corrected chi connectivity index (χ4v) is 1.58. The van der Waals surface area contributed by atoms with Crippen molar-refractivity contribution in [3.8, 4) is 0 Å². The monoisotopic (exact) mass is 213 g/mol. The lowest BCUT2D eigenvalue weighted by molar-refractivity contribution is 0.608. The molecule has 0 atom stereocenters. The molecule has 0 amide bonds. The van der Waals surface area contributed by atoms with Gasteiger partial charge in [0, 0.05) is 6.20 Å². The molecule has 0 fully saturated rings. The van der Waals surface area contributed by atoms with E-state index in [1.807, 2.05) is 0 Å². The summed E-state index contributed by atoms with van der Waals surface area (Å²) in [5, 5.41) is 0. The number of aromatic nitrogens is 3. The molecule has 3 N–H and O–H groups in total. The second-order valence-electron chi connectivity index (χ2n) is 2.51. The minimum absolute atomic E-state index is 0.292. The highest BCUT2D eigenvalue weighted by atomic mass is 32.2. The molecule has 74 valence electrons. The molecule has 2 heterocycles. The van der Waals surface area contributed by atoms with Crippen LogP contribution in [0.15, 0.2) is 18.5 Å². The van der Waals surface area contributed by atoms with Gasteiger partial charge in [-0.1, -0.05) is 0 Å². The van der Waals surface area contributed by atoms with E-state index in [0.717, 1.165) is 3.97 Å². The Labute approximate surface area is 80.6 Å². The highest BCUT2D eigenvalue weighted by Gasteiger charge is 2.05. The number of nitrogen functional groups attached to an aromatic ring is 1. The van der Waals surface area contributed by atoms with Crippen molar-refractivity contribution in [3.05, 3.63) is 18.5 Å². The summed E-state index contributed by atoms with van der Waals surface area (Å²) in [7, 11) is -2.71. The molecule has 2 rings (SSSR count). The molecule has 0 radical (unpaired) electrons. The molecular formula is C6H7N5O2S. The highest BCUT2D eigenvalue weighted by Crippen LogP contribution is 2.12. The SMILES string of the molecule is NNc1cnc2c(ccn2[SH](=O)=O)n1. The Kier molecular flexibility index (Phi) is 2.06. The molecule has 0 unspecified atom stereocenters. The number of nitrogens with zero attached hydrogens (tertiary/aromatic N) is 3. The van der Waals surface area contributed by atoms with E-state index < -0.39 is 10.9 Å². The minimum atomic E-state index is -2.71. The van der Waals surface area contributed by atoms with Gasteiger partial charge in [0.05, 0.1) is 6.20 Å². The van der Waals surface area contributed by atoms with Crippen LogP contribution in [0.25, 0.3) is 11.2 Å². The van der Waals surface area contributed by atoms with Crippen LogP contribution < -0.4 is 11.3 Å². The molecule has 0 bridgehead atoms. The average Bonchev–Trinajstić information content (AvgIpc) is 2.59. The number of fused-ring (bicyclic) bond motifs is 1.